The molecule has 160 valence electrons. The number of aromatic nitrogens is 2. The predicted molar refractivity (Wildman–Crippen MR) is 116 cm³/mol. The average Bonchev–Trinajstić information content (AvgIpc) is 3.16. The van der Waals surface area contributed by atoms with E-state index < -0.39 is 10.0 Å². The zero-order valence-corrected chi connectivity index (χ0v) is 18.2. The Morgan fingerprint density at radius 1 is 1.13 bits per heavy atom. The summed E-state index contributed by atoms with van der Waals surface area (Å²) in [6.45, 7) is 4.56. The van der Waals surface area contributed by atoms with E-state index in [2.05, 4.69) is 11.5 Å². The van der Waals surface area contributed by atoms with Crippen molar-refractivity contribution >= 4 is 21.1 Å². The van der Waals surface area contributed by atoms with Crippen molar-refractivity contribution in [2.45, 2.75) is 31.2 Å². The van der Waals surface area contributed by atoms with Crippen LogP contribution in [0, 0.1) is 0 Å². The lowest BCUT2D eigenvalue weighted by atomic mass is 10.2. The van der Waals surface area contributed by atoms with Gasteiger partial charge in [0.1, 0.15) is 11.6 Å². The summed E-state index contributed by atoms with van der Waals surface area (Å²) in [7, 11) is -1.92. The summed E-state index contributed by atoms with van der Waals surface area (Å²) in [6.07, 6.45) is 2.07. The van der Waals surface area contributed by atoms with Gasteiger partial charge >= 0.3 is 0 Å². The van der Waals surface area contributed by atoms with E-state index >= 15 is 0 Å². The van der Waals surface area contributed by atoms with Crippen LogP contribution in [0.4, 0.5) is 0 Å². The highest BCUT2D eigenvalue weighted by molar-refractivity contribution is 7.89. The van der Waals surface area contributed by atoms with Gasteiger partial charge in [-0.15, -0.1) is 0 Å². The Kier molecular flexibility index (Phi) is 6.08. The molecule has 1 saturated heterocycles. The van der Waals surface area contributed by atoms with Crippen molar-refractivity contribution < 1.29 is 17.9 Å². The second kappa shape index (κ2) is 8.75. The van der Waals surface area contributed by atoms with Crippen LogP contribution in [0.15, 0.2) is 47.4 Å². The molecule has 8 heteroatoms. The summed E-state index contributed by atoms with van der Waals surface area (Å²) in [4.78, 5) is 5.10. The number of benzene rings is 2. The van der Waals surface area contributed by atoms with Crippen LogP contribution in [0.3, 0.4) is 0 Å². The third-order valence-electron chi connectivity index (χ3n) is 5.39. The average molecular weight is 430 g/mol. The molecule has 1 aromatic heterocycles. The lowest BCUT2D eigenvalue weighted by Gasteiger charge is -2.26. The van der Waals surface area contributed by atoms with Crippen LogP contribution in [0.25, 0.3) is 22.4 Å². The van der Waals surface area contributed by atoms with Crippen molar-refractivity contribution in [3.63, 3.8) is 0 Å². The molecule has 0 N–H and O–H groups in total. The summed E-state index contributed by atoms with van der Waals surface area (Å²) in [5.41, 5.74) is 2.56. The molecule has 4 rings (SSSR count). The van der Waals surface area contributed by atoms with Crippen LogP contribution in [0.2, 0.25) is 0 Å². The first-order chi connectivity index (χ1) is 14.5. The van der Waals surface area contributed by atoms with E-state index in [1.54, 1.807) is 19.2 Å². The van der Waals surface area contributed by atoms with E-state index in [1.165, 1.54) is 4.31 Å². The van der Waals surface area contributed by atoms with Crippen LogP contribution < -0.4 is 4.74 Å². The van der Waals surface area contributed by atoms with Crippen LogP contribution in [0.1, 0.15) is 19.8 Å². The topological polar surface area (TPSA) is 73.7 Å². The van der Waals surface area contributed by atoms with Gasteiger partial charge in [0.05, 0.1) is 36.3 Å². The summed E-state index contributed by atoms with van der Waals surface area (Å²) in [5.74, 6) is 1.58. The smallest absolute Gasteiger partial charge is 0.243 e. The van der Waals surface area contributed by atoms with Gasteiger partial charge in [-0.2, -0.15) is 4.31 Å². The molecule has 1 aliphatic heterocycles. The summed E-state index contributed by atoms with van der Waals surface area (Å²) >= 11 is 0. The number of rotatable bonds is 7. The number of fused-ring (bicyclic) bond motifs is 1. The highest BCUT2D eigenvalue weighted by atomic mass is 32.2. The molecule has 0 unspecified atom stereocenters. The van der Waals surface area contributed by atoms with Gasteiger partial charge in [-0.1, -0.05) is 25.5 Å². The molecule has 30 heavy (non-hydrogen) atoms. The molecule has 0 amide bonds. The number of imidazole rings is 1. The minimum atomic E-state index is -3.57. The van der Waals surface area contributed by atoms with Crippen molar-refractivity contribution in [3.8, 4) is 17.1 Å². The maximum atomic E-state index is 13.1. The van der Waals surface area contributed by atoms with E-state index in [0.717, 1.165) is 42.0 Å². The van der Waals surface area contributed by atoms with Gasteiger partial charge in [-0.25, -0.2) is 13.4 Å². The van der Waals surface area contributed by atoms with E-state index in [0.29, 0.717) is 31.8 Å². The van der Waals surface area contributed by atoms with Crippen molar-refractivity contribution in [3.05, 3.63) is 42.5 Å². The molecule has 0 aliphatic carbocycles. The molecule has 1 fully saturated rings. The first kappa shape index (κ1) is 20.8. The summed E-state index contributed by atoms with van der Waals surface area (Å²) < 4.78 is 40.4. The molecule has 0 saturated carbocycles. The maximum Gasteiger partial charge on any atom is 0.243 e. The lowest BCUT2D eigenvalue weighted by molar-refractivity contribution is 0.0730. The Morgan fingerprint density at radius 2 is 1.93 bits per heavy atom. The number of ether oxygens (including phenoxy) is 2. The largest absolute Gasteiger partial charge is 0.497 e. The van der Waals surface area contributed by atoms with E-state index in [4.69, 9.17) is 14.5 Å². The van der Waals surface area contributed by atoms with Gasteiger partial charge in [0.2, 0.25) is 10.0 Å². The van der Waals surface area contributed by atoms with Gasteiger partial charge in [0.15, 0.2) is 0 Å². The van der Waals surface area contributed by atoms with Gasteiger partial charge in [0.25, 0.3) is 0 Å². The SMILES string of the molecule is CCCCn1c(-c2cccc(OC)c2)nc2cc(S(=O)(=O)N3CCOCC3)ccc21. The fourth-order valence-corrected chi connectivity index (χ4v) is 5.16. The monoisotopic (exact) mass is 429 g/mol. The Labute approximate surface area is 177 Å². The Morgan fingerprint density at radius 3 is 2.67 bits per heavy atom. The minimum Gasteiger partial charge on any atom is -0.497 e. The molecule has 2 aromatic carbocycles. The Bertz CT molecular complexity index is 1130. The molecule has 0 bridgehead atoms. The molecular weight excluding hydrogens is 402 g/mol. The molecule has 0 radical (unpaired) electrons. The minimum absolute atomic E-state index is 0.272. The van der Waals surface area contributed by atoms with Gasteiger partial charge in [-0.3, -0.25) is 0 Å². The second-order valence-corrected chi connectivity index (χ2v) is 9.28. The highest BCUT2D eigenvalue weighted by Crippen LogP contribution is 2.30. The number of methoxy groups -OCH3 is 1. The molecule has 0 spiro atoms. The highest BCUT2D eigenvalue weighted by Gasteiger charge is 2.27. The third kappa shape index (κ3) is 3.95. The fourth-order valence-electron chi connectivity index (χ4n) is 3.73. The quantitative estimate of drug-likeness (QED) is 0.574. The number of nitrogens with zero attached hydrogens (tertiary/aromatic N) is 3. The predicted octanol–water partition coefficient (Wildman–Crippen LogP) is 3.53. The number of aryl methyl sites for hydroxylation is 1. The maximum absolute atomic E-state index is 13.1. The number of hydrogen-bond donors (Lipinski definition) is 0. The van der Waals surface area contributed by atoms with Crippen molar-refractivity contribution in [2.24, 2.45) is 0 Å². The van der Waals surface area contributed by atoms with Gasteiger partial charge in [-0.05, 0) is 36.8 Å². The molecular formula is C22H27N3O4S. The third-order valence-corrected chi connectivity index (χ3v) is 7.29. The van der Waals surface area contributed by atoms with E-state index in [1.807, 2.05) is 30.3 Å². The first-order valence-electron chi connectivity index (χ1n) is 10.3. The van der Waals surface area contributed by atoms with Crippen LogP contribution in [0.5, 0.6) is 5.75 Å². The Hall–Kier alpha value is -2.42. The molecule has 0 atom stereocenters. The second-order valence-electron chi connectivity index (χ2n) is 7.34. The fraction of sp³-hybridized carbons (Fsp3) is 0.409. The normalized spacial score (nSPS) is 15.5. The van der Waals surface area contributed by atoms with Crippen molar-refractivity contribution in [2.75, 3.05) is 33.4 Å². The van der Waals surface area contributed by atoms with Gasteiger partial charge in [0, 0.05) is 25.2 Å². The zero-order chi connectivity index (χ0) is 21.1. The van der Waals surface area contributed by atoms with Crippen LogP contribution in [-0.4, -0.2) is 55.7 Å². The van der Waals surface area contributed by atoms with E-state index in [9.17, 15) is 8.42 Å². The Balaban J connectivity index is 1.80. The number of hydrogen-bond acceptors (Lipinski definition) is 5. The molecule has 2 heterocycles. The number of unbranched alkanes of at least 4 members (excludes halogenated alkanes) is 1. The van der Waals surface area contributed by atoms with E-state index in [-0.39, 0.29) is 4.90 Å². The molecule has 7 nitrogen and oxygen atoms in total. The molecule has 3 aromatic rings. The van der Waals surface area contributed by atoms with Crippen molar-refractivity contribution in [1.82, 2.24) is 13.9 Å². The summed E-state index contributed by atoms with van der Waals surface area (Å²) in [6, 6.07) is 13.0. The number of morpholine rings is 1. The molecule has 1 aliphatic rings. The first-order valence-corrected chi connectivity index (χ1v) is 11.7. The van der Waals surface area contributed by atoms with Crippen LogP contribution in [-0.2, 0) is 21.3 Å². The standard InChI is InChI=1S/C22H27N3O4S/c1-3-4-10-25-21-9-8-19(30(26,27)24-11-13-29-14-12-24)16-20(21)23-22(25)17-6-5-7-18(15-17)28-2/h5-9,15-16H,3-4,10-14H2,1-2H3. The van der Waals surface area contributed by atoms with Crippen LogP contribution >= 0.6 is 0 Å². The lowest BCUT2D eigenvalue weighted by Crippen LogP contribution is -2.40. The summed E-state index contributed by atoms with van der Waals surface area (Å²) in [5, 5.41) is 0. The zero-order valence-electron chi connectivity index (χ0n) is 17.4. The van der Waals surface area contributed by atoms with Gasteiger partial charge < -0.3 is 14.0 Å². The van der Waals surface area contributed by atoms with Crippen molar-refractivity contribution in [1.29, 1.82) is 0 Å². The number of sulfonamides is 1.